The first-order valence-corrected chi connectivity index (χ1v) is 4.82. The Hall–Kier alpha value is -1.60. The van der Waals surface area contributed by atoms with E-state index in [1.54, 1.807) is 6.92 Å². The summed E-state index contributed by atoms with van der Waals surface area (Å²) in [6.07, 6.45) is -0.741. The molecule has 7 heteroatoms. The maximum absolute atomic E-state index is 11.6. The van der Waals surface area contributed by atoms with Gasteiger partial charge in [0.25, 0.3) is 5.91 Å². The molecule has 0 aliphatic heterocycles. The predicted octanol–water partition coefficient (Wildman–Crippen LogP) is -0.963. The van der Waals surface area contributed by atoms with Crippen LogP contribution in [-0.2, 0) is 4.74 Å². The largest absolute Gasteiger partial charge is 0.395 e. The summed E-state index contributed by atoms with van der Waals surface area (Å²) >= 11 is 0. The number of carbonyl (C=O) groups excluding carboxylic acids is 1. The molecule has 0 fully saturated rings. The van der Waals surface area contributed by atoms with E-state index in [0.29, 0.717) is 11.4 Å². The zero-order valence-electron chi connectivity index (χ0n) is 9.28. The standard InChI is InChI=1S/C9H16N4O3/c1-5-7(10)8(13-12-5)9(15)11-3-6(14)4-16-2/h6,14H,3-4,10H2,1-2H3,(H,11,15)(H,12,13). The second kappa shape index (κ2) is 5.47. The van der Waals surface area contributed by atoms with Crippen molar-refractivity contribution in [3.8, 4) is 0 Å². The van der Waals surface area contributed by atoms with Crippen LogP contribution in [0.25, 0.3) is 0 Å². The number of aromatic amines is 1. The fourth-order valence-electron chi connectivity index (χ4n) is 1.16. The first kappa shape index (κ1) is 12.5. The fraction of sp³-hybridized carbons (Fsp3) is 0.556. The number of nitrogens with one attached hydrogen (secondary N) is 2. The van der Waals surface area contributed by atoms with Gasteiger partial charge in [0.2, 0.25) is 0 Å². The number of rotatable bonds is 5. The minimum atomic E-state index is -0.741. The number of hydrogen-bond donors (Lipinski definition) is 4. The molecule has 90 valence electrons. The van der Waals surface area contributed by atoms with Crippen molar-refractivity contribution < 1.29 is 14.6 Å². The minimum absolute atomic E-state index is 0.0953. The van der Waals surface area contributed by atoms with Crippen molar-refractivity contribution in [2.45, 2.75) is 13.0 Å². The number of ether oxygens (including phenoxy) is 1. The molecule has 0 aromatic carbocycles. The number of hydrogen-bond acceptors (Lipinski definition) is 5. The summed E-state index contributed by atoms with van der Waals surface area (Å²) in [5.74, 6) is -0.419. The SMILES string of the molecule is COCC(O)CNC(=O)c1n[nH]c(C)c1N. The average molecular weight is 228 g/mol. The molecular weight excluding hydrogens is 212 g/mol. The van der Waals surface area contributed by atoms with E-state index in [1.807, 2.05) is 0 Å². The number of nitrogens with zero attached hydrogens (tertiary/aromatic N) is 1. The van der Waals surface area contributed by atoms with E-state index in [0.717, 1.165) is 0 Å². The highest BCUT2D eigenvalue weighted by Crippen LogP contribution is 2.11. The van der Waals surface area contributed by atoms with Gasteiger partial charge in [0.05, 0.1) is 24.1 Å². The Balaban J connectivity index is 2.50. The number of carbonyl (C=O) groups is 1. The van der Waals surface area contributed by atoms with Gasteiger partial charge in [-0.3, -0.25) is 9.89 Å². The van der Waals surface area contributed by atoms with Crippen molar-refractivity contribution in [1.82, 2.24) is 15.5 Å². The molecule has 0 bridgehead atoms. The Morgan fingerprint density at radius 2 is 2.44 bits per heavy atom. The number of aliphatic hydroxyl groups excluding tert-OH is 1. The third-order valence-corrected chi connectivity index (χ3v) is 2.07. The van der Waals surface area contributed by atoms with E-state index in [4.69, 9.17) is 10.5 Å². The fourth-order valence-corrected chi connectivity index (χ4v) is 1.16. The number of H-pyrrole nitrogens is 1. The second-order valence-corrected chi connectivity index (χ2v) is 3.43. The Morgan fingerprint density at radius 3 is 2.94 bits per heavy atom. The van der Waals surface area contributed by atoms with Gasteiger partial charge in [-0.15, -0.1) is 0 Å². The normalized spacial score (nSPS) is 12.4. The van der Waals surface area contributed by atoms with Gasteiger partial charge in [-0.05, 0) is 6.92 Å². The number of aliphatic hydroxyl groups is 1. The van der Waals surface area contributed by atoms with Crippen molar-refractivity contribution in [2.24, 2.45) is 0 Å². The Kier molecular flexibility index (Phi) is 4.27. The molecule has 1 aromatic heterocycles. The molecular formula is C9H16N4O3. The van der Waals surface area contributed by atoms with Crippen molar-refractivity contribution in [1.29, 1.82) is 0 Å². The van der Waals surface area contributed by atoms with Crippen molar-refractivity contribution in [2.75, 3.05) is 26.0 Å². The molecule has 1 aromatic rings. The number of amides is 1. The molecule has 5 N–H and O–H groups in total. The quantitative estimate of drug-likeness (QED) is 0.518. The maximum atomic E-state index is 11.6. The molecule has 16 heavy (non-hydrogen) atoms. The number of aryl methyl sites for hydroxylation is 1. The highest BCUT2D eigenvalue weighted by Gasteiger charge is 2.15. The third-order valence-electron chi connectivity index (χ3n) is 2.07. The van der Waals surface area contributed by atoms with Gasteiger partial charge in [0, 0.05) is 13.7 Å². The molecule has 0 aliphatic rings. The highest BCUT2D eigenvalue weighted by atomic mass is 16.5. The lowest BCUT2D eigenvalue weighted by Crippen LogP contribution is -2.34. The second-order valence-electron chi connectivity index (χ2n) is 3.43. The summed E-state index contributed by atoms with van der Waals surface area (Å²) in [7, 11) is 1.47. The van der Waals surface area contributed by atoms with E-state index >= 15 is 0 Å². The van der Waals surface area contributed by atoms with Crippen molar-refractivity contribution in [3.05, 3.63) is 11.4 Å². The van der Waals surface area contributed by atoms with E-state index in [2.05, 4.69) is 15.5 Å². The first-order chi connectivity index (χ1) is 7.56. The van der Waals surface area contributed by atoms with E-state index in [-0.39, 0.29) is 18.8 Å². The summed E-state index contributed by atoms with van der Waals surface area (Å²) in [5.41, 5.74) is 6.73. The van der Waals surface area contributed by atoms with Gasteiger partial charge in [0.15, 0.2) is 5.69 Å². The molecule has 1 rings (SSSR count). The predicted molar refractivity (Wildman–Crippen MR) is 58.0 cm³/mol. The third kappa shape index (κ3) is 2.94. The van der Waals surface area contributed by atoms with E-state index in [1.165, 1.54) is 7.11 Å². The molecule has 1 unspecified atom stereocenters. The van der Waals surface area contributed by atoms with Crippen LogP contribution in [-0.4, -0.2) is 47.6 Å². The lowest BCUT2D eigenvalue weighted by atomic mass is 10.3. The molecule has 1 atom stereocenters. The average Bonchev–Trinajstić information content (AvgIpc) is 2.57. The van der Waals surface area contributed by atoms with Gasteiger partial charge in [-0.1, -0.05) is 0 Å². The topological polar surface area (TPSA) is 113 Å². The number of methoxy groups -OCH3 is 1. The van der Waals surface area contributed by atoms with Crippen LogP contribution in [0.1, 0.15) is 16.2 Å². The van der Waals surface area contributed by atoms with Crippen LogP contribution in [0.5, 0.6) is 0 Å². The van der Waals surface area contributed by atoms with Crippen LogP contribution < -0.4 is 11.1 Å². The van der Waals surface area contributed by atoms with E-state index in [9.17, 15) is 9.90 Å². The zero-order valence-corrected chi connectivity index (χ0v) is 9.28. The summed E-state index contributed by atoms with van der Waals surface area (Å²) < 4.78 is 4.72. The van der Waals surface area contributed by atoms with Crippen LogP contribution in [0.15, 0.2) is 0 Å². The maximum Gasteiger partial charge on any atom is 0.274 e. The van der Waals surface area contributed by atoms with E-state index < -0.39 is 12.0 Å². The van der Waals surface area contributed by atoms with Crippen LogP contribution in [0, 0.1) is 6.92 Å². The van der Waals surface area contributed by atoms with Crippen LogP contribution in [0.3, 0.4) is 0 Å². The Labute approximate surface area is 93.0 Å². The van der Waals surface area contributed by atoms with Gasteiger partial charge in [0.1, 0.15) is 0 Å². The van der Waals surface area contributed by atoms with Gasteiger partial charge in [-0.25, -0.2) is 0 Å². The number of aromatic nitrogens is 2. The molecule has 0 saturated carbocycles. The Morgan fingerprint density at radius 1 is 1.75 bits per heavy atom. The van der Waals surface area contributed by atoms with Crippen LogP contribution >= 0.6 is 0 Å². The monoisotopic (exact) mass is 228 g/mol. The lowest BCUT2D eigenvalue weighted by molar-refractivity contribution is 0.0609. The lowest BCUT2D eigenvalue weighted by Gasteiger charge is -2.09. The Bertz CT molecular complexity index is 364. The van der Waals surface area contributed by atoms with Crippen molar-refractivity contribution in [3.63, 3.8) is 0 Å². The number of anilines is 1. The van der Waals surface area contributed by atoms with Gasteiger partial charge in [-0.2, -0.15) is 5.10 Å². The smallest absolute Gasteiger partial charge is 0.274 e. The van der Waals surface area contributed by atoms with Crippen molar-refractivity contribution >= 4 is 11.6 Å². The summed E-state index contributed by atoms with van der Waals surface area (Å²) in [6, 6.07) is 0. The number of nitrogen functional groups attached to an aromatic ring is 1. The number of nitrogens with two attached hydrogens (primary N) is 1. The van der Waals surface area contributed by atoms with Crippen LogP contribution in [0.2, 0.25) is 0 Å². The minimum Gasteiger partial charge on any atom is -0.395 e. The molecule has 7 nitrogen and oxygen atoms in total. The van der Waals surface area contributed by atoms with Crippen LogP contribution in [0.4, 0.5) is 5.69 Å². The molecule has 1 amide bonds. The summed E-state index contributed by atoms with van der Waals surface area (Å²) in [5, 5.41) is 18.2. The molecule has 1 heterocycles. The summed E-state index contributed by atoms with van der Waals surface area (Å²) in [4.78, 5) is 11.6. The zero-order chi connectivity index (χ0) is 12.1. The first-order valence-electron chi connectivity index (χ1n) is 4.82. The molecule has 0 aliphatic carbocycles. The molecule has 0 saturated heterocycles. The summed E-state index contributed by atoms with van der Waals surface area (Å²) in [6.45, 7) is 1.98. The molecule has 0 spiro atoms. The highest BCUT2D eigenvalue weighted by molar-refractivity contribution is 5.97. The van der Waals surface area contributed by atoms with Gasteiger partial charge >= 0.3 is 0 Å². The van der Waals surface area contributed by atoms with Gasteiger partial charge < -0.3 is 20.9 Å². The molecule has 0 radical (unpaired) electrons.